The Morgan fingerprint density at radius 2 is 1.87 bits per heavy atom. The van der Waals surface area contributed by atoms with Crippen molar-refractivity contribution < 1.29 is 9.47 Å². The lowest BCUT2D eigenvalue weighted by Crippen LogP contribution is -2.31. The van der Waals surface area contributed by atoms with E-state index in [2.05, 4.69) is 10.3 Å². The Bertz CT molecular complexity index is 502. The fraction of sp³-hybridized carbons (Fsp3) is 0.588. The average Bonchev–Trinajstić information content (AvgIpc) is 2.78. The highest BCUT2D eigenvalue weighted by Crippen LogP contribution is 2.36. The van der Waals surface area contributed by atoms with Gasteiger partial charge in [-0.15, -0.1) is 24.0 Å². The number of nitrogens with zero attached hydrogens (tertiary/aromatic N) is 1. The van der Waals surface area contributed by atoms with Gasteiger partial charge in [0.05, 0.1) is 13.2 Å². The van der Waals surface area contributed by atoms with E-state index < -0.39 is 0 Å². The highest BCUT2D eigenvalue weighted by atomic mass is 127. The molecule has 1 aromatic carbocycles. The highest BCUT2D eigenvalue weighted by Gasteiger charge is 2.41. The monoisotopic (exact) mass is 431 g/mol. The number of nitrogens with one attached hydrogen (secondary N) is 1. The predicted molar refractivity (Wildman–Crippen MR) is 103 cm³/mol. The molecule has 3 rings (SSSR count). The van der Waals surface area contributed by atoms with Crippen LogP contribution in [0.3, 0.4) is 0 Å². The molecular weight excluding hydrogens is 405 g/mol. The second-order valence-corrected chi connectivity index (χ2v) is 6.09. The molecule has 1 aliphatic carbocycles. The summed E-state index contributed by atoms with van der Waals surface area (Å²) >= 11 is 0. The van der Waals surface area contributed by atoms with Crippen molar-refractivity contribution in [3.8, 4) is 0 Å². The van der Waals surface area contributed by atoms with Gasteiger partial charge in [0.15, 0.2) is 11.7 Å². The minimum absolute atomic E-state index is 0. The van der Waals surface area contributed by atoms with E-state index in [-0.39, 0.29) is 35.9 Å². The lowest BCUT2D eigenvalue weighted by atomic mass is 10.1. The zero-order valence-corrected chi connectivity index (χ0v) is 15.7. The summed E-state index contributed by atoms with van der Waals surface area (Å²) in [6, 6.07) is 9.79. The summed E-state index contributed by atoms with van der Waals surface area (Å²) in [7, 11) is 0. The number of hydrogen-bond donors (Lipinski definition) is 2. The van der Waals surface area contributed by atoms with Crippen LogP contribution in [-0.2, 0) is 9.47 Å². The van der Waals surface area contributed by atoms with Gasteiger partial charge in [-0.1, -0.05) is 31.0 Å². The number of guanidine groups is 1. The van der Waals surface area contributed by atoms with Gasteiger partial charge in [-0.3, -0.25) is 4.99 Å². The van der Waals surface area contributed by atoms with Gasteiger partial charge in [-0.25, -0.2) is 0 Å². The van der Waals surface area contributed by atoms with Crippen molar-refractivity contribution in [3.63, 3.8) is 0 Å². The molecule has 1 heterocycles. The third-order valence-corrected chi connectivity index (χ3v) is 4.29. The summed E-state index contributed by atoms with van der Waals surface area (Å²) in [4.78, 5) is 4.38. The van der Waals surface area contributed by atoms with Crippen LogP contribution >= 0.6 is 24.0 Å². The Kier molecular flexibility index (Phi) is 7.10. The van der Waals surface area contributed by atoms with Crippen LogP contribution in [0.5, 0.6) is 0 Å². The SMILES string of the molecule is I.NC(=NCC1COC2(CCCCCC2)O1)Nc1ccccc1. The molecule has 0 amide bonds. The van der Waals surface area contributed by atoms with E-state index in [1.165, 1.54) is 25.7 Å². The van der Waals surface area contributed by atoms with Crippen molar-refractivity contribution in [1.29, 1.82) is 0 Å². The van der Waals surface area contributed by atoms with Crippen LogP contribution in [0.15, 0.2) is 35.3 Å². The topological polar surface area (TPSA) is 68.9 Å². The van der Waals surface area contributed by atoms with Crippen LogP contribution in [0.4, 0.5) is 5.69 Å². The van der Waals surface area contributed by atoms with E-state index in [1.54, 1.807) is 0 Å². The van der Waals surface area contributed by atoms with E-state index in [0.29, 0.717) is 19.1 Å². The van der Waals surface area contributed by atoms with Crippen molar-refractivity contribution >= 4 is 35.6 Å². The van der Waals surface area contributed by atoms with Gasteiger partial charge in [-0.05, 0) is 25.0 Å². The third kappa shape index (κ3) is 5.32. The van der Waals surface area contributed by atoms with E-state index in [4.69, 9.17) is 15.2 Å². The summed E-state index contributed by atoms with van der Waals surface area (Å²) in [5.74, 6) is 0.0646. The molecule has 23 heavy (non-hydrogen) atoms. The fourth-order valence-electron chi connectivity index (χ4n) is 3.15. The first-order valence-corrected chi connectivity index (χ1v) is 8.20. The average molecular weight is 431 g/mol. The second-order valence-electron chi connectivity index (χ2n) is 6.09. The van der Waals surface area contributed by atoms with Gasteiger partial charge in [0.1, 0.15) is 6.10 Å². The zero-order chi connectivity index (χ0) is 15.3. The van der Waals surface area contributed by atoms with Crippen LogP contribution < -0.4 is 11.1 Å². The van der Waals surface area contributed by atoms with Crippen LogP contribution in [0, 0.1) is 0 Å². The lowest BCUT2D eigenvalue weighted by molar-refractivity contribution is -0.174. The van der Waals surface area contributed by atoms with Gasteiger partial charge in [-0.2, -0.15) is 0 Å². The molecule has 1 spiro atoms. The molecule has 1 aliphatic heterocycles. The van der Waals surface area contributed by atoms with Crippen LogP contribution in [-0.4, -0.2) is 31.0 Å². The normalized spacial score (nSPS) is 24.0. The van der Waals surface area contributed by atoms with Crippen molar-refractivity contribution in [3.05, 3.63) is 30.3 Å². The first-order chi connectivity index (χ1) is 10.8. The molecule has 3 N–H and O–H groups in total. The molecule has 0 aromatic heterocycles. The van der Waals surface area contributed by atoms with E-state index in [0.717, 1.165) is 18.5 Å². The smallest absolute Gasteiger partial charge is 0.193 e. The van der Waals surface area contributed by atoms with Crippen molar-refractivity contribution in [2.75, 3.05) is 18.5 Å². The molecule has 128 valence electrons. The molecule has 1 atom stereocenters. The molecule has 1 saturated heterocycles. The fourth-order valence-corrected chi connectivity index (χ4v) is 3.15. The Morgan fingerprint density at radius 1 is 1.17 bits per heavy atom. The molecule has 0 radical (unpaired) electrons. The number of halogens is 1. The summed E-state index contributed by atoms with van der Waals surface area (Å²) < 4.78 is 12.1. The molecular formula is C17H26IN3O2. The first-order valence-electron chi connectivity index (χ1n) is 8.20. The minimum Gasteiger partial charge on any atom is -0.370 e. The minimum atomic E-state index is -0.349. The lowest BCUT2D eigenvalue weighted by Gasteiger charge is -2.26. The summed E-state index contributed by atoms with van der Waals surface area (Å²) in [5, 5.41) is 3.08. The number of aliphatic imine (C=N–C) groups is 1. The number of nitrogens with two attached hydrogens (primary N) is 1. The van der Waals surface area contributed by atoms with Crippen molar-refractivity contribution in [1.82, 2.24) is 0 Å². The van der Waals surface area contributed by atoms with E-state index in [1.807, 2.05) is 30.3 Å². The number of ether oxygens (including phenoxy) is 2. The van der Waals surface area contributed by atoms with Crippen molar-refractivity contribution in [2.45, 2.75) is 50.4 Å². The van der Waals surface area contributed by atoms with Gasteiger partial charge >= 0.3 is 0 Å². The maximum Gasteiger partial charge on any atom is 0.193 e. The van der Waals surface area contributed by atoms with Gasteiger partial charge < -0.3 is 20.5 Å². The van der Waals surface area contributed by atoms with E-state index in [9.17, 15) is 0 Å². The van der Waals surface area contributed by atoms with Crippen LogP contribution in [0.1, 0.15) is 38.5 Å². The highest BCUT2D eigenvalue weighted by molar-refractivity contribution is 14.0. The number of hydrogen-bond acceptors (Lipinski definition) is 3. The van der Waals surface area contributed by atoms with Gasteiger partial charge in [0.25, 0.3) is 0 Å². The number of anilines is 1. The van der Waals surface area contributed by atoms with Crippen LogP contribution in [0.25, 0.3) is 0 Å². The number of benzene rings is 1. The molecule has 0 bridgehead atoms. The standard InChI is InChI=1S/C17H25N3O2.HI/c18-16(20-14-8-4-3-5-9-14)19-12-15-13-21-17(22-15)10-6-1-2-7-11-17;/h3-5,8-9,15H,1-2,6-7,10-13H2,(H3,18,19,20);1H. The number of rotatable bonds is 3. The maximum absolute atomic E-state index is 6.16. The summed E-state index contributed by atoms with van der Waals surface area (Å²) in [6.45, 7) is 1.15. The largest absolute Gasteiger partial charge is 0.370 e. The first kappa shape index (κ1) is 18.5. The molecule has 2 fully saturated rings. The van der Waals surface area contributed by atoms with Gasteiger partial charge in [0, 0.05) is 18.5 Å². The van der Waals surface area contributed by atoms with Crippen molar-refractivity contribution in [2.24, 2.45) is 10.7 Å². The second kappa shape index (κ2) is 8.84. The molecule has 6 heteroatoms. The predicted octanol–water partition coefficient (Wildman–Crippen LogP) is 3.50. The van der Waals surface area contributed by atoms with Crippen LogP contribution in [0.2, 0.25) is 0 Å². The van der Waals surface area contributed by atoms with Gasteiger partial charge in [0.2, 0.25) is 0 Å². The molecule has 2 aliphatic rings. The molecule has 1 aromatic rings. The van der Waals surface area contributed by atoms with E-state index >= 15 is 0 Å². The Balaban J connectivity index is 0.00000192. The molecule has 1 unspecified atom stereocenters. The quantitative estimate of drug-likeness (QED) is 0.437. The molecule has 5 nitrogen and oxygen atoms in total. The Hall–Kier alpha value is -0.860. The maximum atomic E-state index is 6.16. The summed E-state index contributed by atoms with van der Waals surface area (Å²) in [6.07, 6.45) is 6.96. The third-order valence-electron chi connectivity index (χ3n) is 4.29. The Morgan fingerprint density at radius 3 is 2.57 bits per heavy atom. The Labute approximate surface area is 155 Å². The molecule has 1 saturated carbocycles. The summed E-state index contributed by atoms with van der Waals surface area (Å²) in [5.41, 5.74) is 6.86. The zero-order valence-electron chi connectivity index (χ0n) is 13.4. The number of para-hydroxylation sites is 1.